The van der Waals surface area contributed by atoms with Gasteiger partial charge >= 0.3 is 0 Å². The maximum absolute atomic E-state index is 12.6. The number of quaternary nitrogens is 1. The fourth-order valence-electron chi connectivity index (χ4n) is 3.80. The second-order valence-electron chi connectivity index (χ2n) is 7.60. The van der Waals surface area contributed by atoms with Gasteiger partial charge < -0.3 is 14.6 Å². The van der Waals surface area contributed by atoms with Crippen molar-refractivity contribution in [2.45, 2.75) is 49.8 Å². The van der Waals surface area contributed by atoms with E-state index in [2.05, 4.69) is 12.2 Å². The van der Waals surface area contributed by atoms with Crippen molar-refractivity contribution in [1.82, 2.24) is 5.32 Å². The van der Waals surface area contributed by atoms with Crippen LogP contribution in [0, 0.1) is 6.92 Å². The highest BCUT2D eigenvalue weighted by atomic mass is 32.2. The zero-order valence-corrected chi connectivity index (χ0v) is 17.3. The number of aryl methyl sites for hydroxylation is 1. The number of benzene rings is 1. The van der Waals surface area contributed by atoms with E-state index in [1.807, 2.05) is 0 Å². The molecule has 0 saturated carbocycles. The number of nitrogens with one attached hydrogen (secondary N) is 2. The van der Waals surface area contributed by atoms with Crippen molar-refractivity contribution in [3.05, 3.63) is 53.5 Å². The second-order valence-corrected chi connectivity index (χ2v) is 9.56. The number of sulfone groups is 1. The van der Waals surface area contributed by atoms with E-state index < -0.39 is 9.84 Å². The molecule has 1 saturated heterocycles. The second kappa shape index (κ2) is 8.92. The van der Waals surface area contributed by atoms with E-state index in [0.29, 0.717) is 18.2 Å². The molecule has 0 radical (unpaired) electrons. The lowest BCUT2D eigenvalue weighted by Crippen LogP contribution is -3.16. The Hall–Kier alpha value is -2.12. The predicted molar refractivity (Wildman–Crippen MR) is 107 cm³/mol. The SMILES string of the molecule is Cc1ccccc1S(=O)(=O)Cc1ccc(C(=O)NCC[NH+]2CCCCC2C)o1. The smallest absolute Gasteiger partial charge is 0.287 e. The Morgan fingerprint density at radius 3 is 2.75 bits per heavy atom. The number of hydrogen-bond acceptors (Lipinski definition) is 4. The van der Waals surface area contributed by atoms with Crippen molar-refractivity contribution >= 4 is 15.7 Å². The number of piperidine rings is 1. The highest BCUT2D eigenvalue weighted by molar-refractivity contribution is 7.90. The molecule has 1 aromatic heterocycles. The lowest BCUT2D eigenvalue weighted by molar-refractivity contribution is -0.927. The van der Waals surface area contributed by atoms with Gasteiger partial charge in [-0.1, -0.05) is 18.2 Å². The third kappa shape index (κ3) is 5.02. The van der Waals surface area contributed by atoms with Crippen LogP contribution in [0.3, 0.4) is 0 Å². The first-order valence-corrected chi connectivity index (χ1v) is 11.5. The molecule has 2 N–H and O–H groups in total. The van der Waals surface area contributed by atoms with Gasteiger partial charge in [0.2, 0.25) is 0 Å². The maximum Gasteiger partial charge on any atom is 0.287 e. The van der Waals surface area contributed by atoms with Gasteiger partial charge in [-0.25, -0.2) is 8.42 Å². The van der Waals surface area contributed by atoms with Crippen LogP contribution in [0.25, 0.3) is 0 Å². The Bertz CT molecular complexity index is 920. The summed E-state index contributed by atoms with van der Waals surface area (Å²) in [6.07, 6.45) is 3.77. The van der Waals surface area contributed by atoms with Gasteiger partial charge in [-0.15, -0.1) is 0 Å². The molecule has 28 heavy (non-hydrogen) atoms. The molecule has 1 fully saturated rings. The van der Waals surface area contributed by atoms with E-state index in [-0.39, 0.29) is 28.1 Å². The van der Waals surface area contributed by atoms with Gasteiger partial charge in [-0.2, -0.15) is 0 Å². The predicted octanol–water partition coefficient (Wildman–Crippen LogP) is 1.75. The molecule has 1 aliphatic heterocycles. The van der Waals surface area contributed by atoms with E-state index in [9.17, 15) is 13.2 Å². The third-order valence-corrected chi connectivity index (χ3v) is 7.25. The third-order valence-electron chi connectivity index (χ3n) is 5.46. The molecule has 0 aliphatic carbocycles. The van der Waals surface area contributed by atoms with Crippen molar-refractivity contribution in [3.63, 3.8) is 0 Å². The molecular formula is C21H29N2O4S+. The van der Waals surface area contributed by atoms with Gasteiger partial charge in [0.15, 0.2) is 15.6 Å². The van der Waals surface area contributed by atoms with E-state index in [1.165, 1.54) is 30.2 Å². The van der Waals surface area contributed by atoms with Gasteiger partial charge in [0.1, 0.15) is 11.5 Å². The number of furan rings is 1. The molecule has 2 heterocycles. The zero-order chi connectivity index (χ0) is 20.1. The van der Waals surface area contributed by atoms with Crippen LogP contribution in [0.15, 0.2) is 45.7 Å². The normalized spacial score (nSPS) is 20.1. The Morgan fingerprint density at radius 1 is 1.21 bits per heavy atom. The molecule has 0 bridgehead atoms. The number of carbonyl (C=O) groups excluding carboxylic acids is 1. The van der Waals surface area contributed by atoms with Crippen LogP contribution in [0.2, 0.25) is 0 Å². The average Bonchev–Trinajstić information content (AvgIpc) is 3.11. The molecule has 0 spiro atoms. The van der Waals surface area contributed by atoms with Crippen molar-refractivity contribution in [2.75, 3.05) is 19.6 Å². The van der Waals surface area contributed by atoms with Crippen LogP contribution in [0.4, 0.5) is 0 Å². The van der Waals surface area contributed by atoms with Gasteiger partial charge in [0.05, 0.1) is 30.6 Å². The Labute approximate surface area is 166 Å². The minimum atomic E-state index is -3.52. The largest absolute Gasteiger partial charge is 0.455 e. The summed E-state index contributed by atoms with van der Waals surface area (Å²) in [5.41, 5.74) is 0.696. The molecule has 7 heteroatoms. The van der Waals surface area contributed by atoms with Crippen LogP contribution in [-0.2, 0) is 15.6 Å². The molecule has 152 valence electrons. The van der Waals surface area contributed by atoms with Crippen molar-refractivity contribution in [1.29, 1.82) is 0 Å². The number of hydrogen-bond donors (Lipinski definition) is 2. The molecule has 3 rings (SSSR count). The summed E-state index contributed by atoms with van der Waals surface area (Å²) in [5.74, 6) is -0.149. The van der Waals surface area contributed by atoms with E-state index in [1.54, 1.807) is 37.3 Å². The number of rotatable bonds is 7. The summed E-state index contributed by atoms with van der Waals surface area (Å²) in [6, 6.07) is 10.6. The van der Waals surface area contributed by atoms with Crippen LogP contribution >= 0.6 is 0 Å². The zero-order valence-electron chi connectivity index (χ0n) is 16.5. The van der Waals surface area contributed by atoms with Gasteiger partial charge in [-0.3, -0.25) is 4.79 Å². The lowest BCUT2D eigenvalue weighted by atomic mass is 10.0. The highest BCUT2D eigenvalue weighted by Gasteiger charge is 2.23. The molecule has 1 aromatic carbocycles. The topological polar surface area (TPSA) is 80.8 Å². The standard InChI is InChI=1S/C21H28N2O4S/c1-16-7-3-4-9-20(16)28(25,26)15-18-10-11-19(27-18)21(24)22-12-14-23-13-6-5-8-17(23)2/h3-4,7,9-11,17H,5-6,8,12-15H2,1-2H3,(H,22,24)/p+1. The molecular weight excluding hydrogens is 376 g/mol. The van der Waals surface area contributed by atoms with Gasteiger partial charge in [-0.05, 0) is 56.9 Å². The molecule has 2 aromatic rings. The van der Waals surface area contributed by atoms with Crippen LogP contribution in [0.5, 0.6) is 0 Å². The molecule has 6 nitrogen and oxygen atoms in total. The summed E-state index contributed by atoms with van der Waals surface area (Å²) in [4.78, 5) is 14.1. The quantitative estimate of drug-likeness (QED) is 0.735. The number of likely N-dealkylation sites (tertiary alicyclic amines) is 1. The first-order valence-electron chi connectivity index (χ1n) is 9.87. The number of amides is 1. The summed E-state index contributed by atoms with van der Waals surface area (Å²) < 4.78 is 30.7. The fraction of sp³-hybridized carbons (Fsp3) is 0.476. The monoisotopic (exact) mass is 405 g/mol. The minimum absolute atomic E-state index is 0.150. The fourth-order valence-corrected chi connectivity index (χ4v) is 5.33. The van der Waals surface area contributed by atoms with E-state index in [4.69, 9.17) is 4.42 Å². The highest BCUT2D eigenvalue weighted by Crippen LogP contribution is 2.21. The van der Waals surface area contributed by atoms with E-state index >= 15 is 0 Å². The van der Waals surface area contributed by atoms with Crippen LogP contribution < -0.4 is 10.2 Å². The van der Waals surface area contributed by atoms with Gasteiger partial charge in [0.25, 0.3) is 5.91 Å². The molecule has 2 atom stereocenters. The van der Waals surface area contributed by atoms with Crippen molar-refractivity contribution in [3.8, 4) is 0 Å². The number of carbonyl (C=O) groups is 1. The van der Waals surface area contributed by atoms with Gasteiger partial charge in [0, 0.05) is 0 Å². The Morgan fingerprint density at radius 2 is 2.00 bits per heavy atom. The summed E-state index contributed by atoms with van der Waals surface area (Å²) in [5, 5.41) is 2.88. The van der Waals surface area contributed by atoms with Crippen LogP contribution in [0.1, 0.15) is 48.1 Å². The van der Waals surface area contributed by atoms with Crippen molar-refractivity contribution in [2.24, 2.45) is 0 Å². The average molecular weight is 406 g/mol. The summed E-state index contributed by atoms with van der Waals surface area (Å²) in [6.45, 7) is 6.64. The maximum atomic E-state index is 12.6. The molecule has 1 amide bonds. The van der Waals surface area contributed by atoms with Crippen molar-refractivity contribution < 1.29 is 22.5 Å². The Balaban J connectivity index is 1.56. The minimum Gasteiger partial charge on any atom is -0.455 e. The molecule has 1 aliphatic rings. The summed E-state index contributed by atoms with van der Waals surface area (Å²) in [7, 11) is -3.52. The first-order chi connectivity index (χ1) is 13.4. The van der Waals surface area contributed by atoms with E-state index in [0.717, 1.165) is 13.1 Å². The summed E-state index contributed by atoms with van der Waals surface area (Å²) >= 11 is 0. The Kier molecular flexibility index (Phi) is 6.57. The molecule has 2 unspecified atom stereocenters. The van der Waals surface area contributed by atoms with Crippen LogP contribution in [-0.4, -0.2) is 40.0 Å². The first kappa shape index (κ1) is 20.6. The lowest BCUT2D eigenvalue weighted by Gasteiger charge is -2.30.